The third-order valence-electron chi connectivity index (χ3n) is 6.64. The number of carbonyl (C=O) groups excluding carboxylic acids is 2. The van der Waals surface area contributed by atoms with Gasteiger partial charge in [-0.3, -0.25) is 9.59 Å². The van der Waals surface area contributed by atoms with Crippen LogP contribution in [0.15, 0.2) is 41.4 Å². The lowest BCUT2D eigenvalue weighted by Gasteiger charge is -2.25. The van der Waals surface area contributed by atoms with Gasteiger partial charge in [-0.2, -0.15) is 0 Å². The number of fused-ring (bicyclic) bond motifs is 1. The Bertz CT molecular complexity index is 1100. The molecule has 2 amide bonds. The highest BCUT2D eigenvalue weighted by Gasteiger charge is 2.22. The van der Waals surface area contributed by atoms with Gasteiger partial charge in [-0.15, -0.1) is 0 Å². The normalized spacial score (nSPS) is 12.9. The first-order chi connectivity index (χ1) is 17.7. The van der Waals surface area contributed by atoms with E-state index in [1.165, 1.54) is 0 Å². The summed E-state index contributed by atoms with van der Waals surface area (Å²) in [7, 11) is 0. The number of hydrogen-bond acceptors (Lipinski definition) is 4. The van der Waals surface area contributed by atoms with Crippen LogP contribution in [0.2, 0.25) is 0 Å². The van der Waals surface area contributed by atoms with Crippen molar-refractivity contribution in [2.75, 3.05) is 41.7 Å². The van der Waals surface area contributed by atoms with Crippen LogP contribution < -0.4 is 15.5 Å². The van der Waals surface area contributed by atoms with E-state index in [1.807, 2.05) is 47.1 Å². The van der Waals surface area contributed by atoms with Gasteiger partial charge in [-0.25, -0.2) is 4.99 Å². The molecule has 0 aliphatic carbocycles. The highest BCUT2D eigenvalue weighted by Crippen LogP contribution is 2.31. The van der Waals surface area contributed by atoms with Crippen molar-refractivity contribution in [3.8, 4) is 0 Å². The Morgan fingerprint density at radius 3 is 2.38 bits per heavy atom. The second-order valence-corrected chi connectivity index (χ2v) is 10.6. The maximum Gasteiger partial charge on any atom is 0.253 e. The van der Waals surface area contributed by atoms with Crippen molar-refractivity contribution >= 4 is 40.9 Å². The van der Waals surface area contributed by atoms with Crippen LogP contribution in [0.4, 0.5) is 22.7 Å². The molecule has 3 rings (SSSR count). The minimum atomic E-state index is 0.0712. The molecule has 0 unspecified atom stereocenters. The maximum absolute atomic E-state index is 13.4. The van der Waals surface area contributed by atoms with Gasteiger partial charge in [0.05, 0.1) is 17.7 Å². The lowest BCUT2D eigenvalue weighted by molar-refractivity contribution is -0.116. The molecular weight excluding hydrogens is 462 g/mol. The van der Waals surface area contributed by atoms with Crippen LogP contribution in [0.3, 0.4) is 0 Å². The average molecular weight is 506 g/mol. The Hall–Kier alpha value is -3.35. The van der Waals surface area contributed by atoms with Crippen molar-refractivity contribution in [1.82, 2.24) is 4.90 Å². The number of rotatable bonds is 12. The van der Waals surface area contributed by atoms with Gasteiger partial charge in [0.2, 0.25) is 5.91 Å². The van der Waals surface area contributed by atoms with Gasteiger partial charge < -0.3 is 20.4 Å². The van der Waals surface area contributed by atoms with Gasteiger partial charge in [0.1, 0.15) is 0 Å². The maximum atomic E-state index is 13.4. The largest absolute Gasteiger partial charge is 0.384 e. The Kier molecular flexibility index (Phi) is 10.1. The van der Waals surface area contributed by atoms with Crippen molar-refractivity contribution in [1.29, 1.82) is 0 Å². The number of anilines is 3. The van der Waals surface area contributed by atoms with Gasteiger partial charge in [0.15, 0.2) is 0 Å². The molecule has 1 aliphatic heterocycles. The molecule has 7 heteroatoms. The standard InChI is InChI=1S/C30H43N5O2/c1-7-31-28-19-25(30(37)34(15-12-21(2)3)16-13-22(4)5)8-10-27(28)33-20-32-26-9-11-29-24(18-26)14-17-35(29)23(6)36/h8-11,18-22,31H,7,12-17H2,1-6H3,(H,32,33). The Morgan fingerprint density at radius 1 is 1.05 bits per heavy atom. The number of nitrogens with one attached hydrogen (secondary N) is 2. The highest BCUT2D eigenvalue weighted by atomic mass is 16.2. The molecule has 37 heavy (non-hydrogen) atoms. The van der Waals surface area contributed by atoms with E-state index in [2.05, 4.69) is 49.4 Å². The molecule has 1 aliphatic rings. The lowest BCUT2D eigenvalue weighted by Crippen LogP contribution is -2.34. The summed E-state index contributed by atoms with van der Waals surface area (Å²) in [6, 6.07) is 11.7. The molecule has 0 saturated carbocycles. The van der Waals surface area contributed by atoms with Gasteiger partial charge in [0.25, 0.3) is 5.91 Å². The van der Waals surface area contributed by atoms with E-state index >= 15 is 0 Å². The number of aliphatic imine (C=N–C) groups is 1. The number of nitrogens with zero attached hydrogens (tertiary/aromatic N) is 3. The van der Waals surface area contributed by atoms with Crippen LogP contribution in [-0.2, 0) is 11.2 Å². The van der Waals surface area contributed by atoms with Crippen molar-refractivity contribution in [3.05, 3.63) is 47.5 Å². The minimum Gasteiger partial charge on any atom is -0.384 e. The molecule has 0 aromatic heterocycles. The average Bonchev–Trinajstić information content (AvgIpc) is 3.28. The van der Waals surface area contributed by atoms with E-state index in [0.717, 1.165) is 73.8 Å². The summed E-state index contributed by atoms with van der Waals surface area (Å²) in [4.78, 5) is 33.6. The molecule has 0 atom stereocenters. The smallest absolute Gasteiger partial charge is 0.253 e. The predicted octanol–water partition coefficient (Wildman–Crippen LogP) is 6.33. The van der Waals surface area contributed by atoms with Gasteiger partial charge >= 0.3 is 0 Å². The number of amides is 2. The van der Waals surface area contributed by atoms with Gasteiger partial charge in [-0.05, 0) is 80.0 Å². The molecule has 0 fully saturated rings. The molecular formula is C30H43N5O2. The van der Waals surface area contributed by atoms with Crippen LogP contribution in [0.5, 0.6) is 0 Å². The first-order valence-corrected chi connectivity index (χ1v) is 13.6. The molecule has 0 radical (unpaired) electrons. The fraction of sp³-hybridized carbons (Fsp3) is 0.500. The van der Waals surface area contributed by atoms with E-state index in [0.29, 0.717) is 17.4 Å². The van der Waals surface area contributed by atoms with Crippen LogP contribution in [0, 0.1) is 11.8 Å². The number of hydrogen-bond donors (Lipinski definition) is 2. The topological polar surface area (TPSA) is 77.0 Å². The van der Waals surface area contributed by atoms with E-state index in [9.17, 15) is 9.59 Å². The number of carbonyl (C=O) groups is 2. The van der Waals surface area contributed by atoms with Crippen molar-refractivity contribution in [2.24, 2.45) is 16.8 Å². The molecule has 2 aromatic rings. The lowest BCUT2D eigenvalue weighted by atomic mass is 10.1. The van der Waals surface area contributed by atoms with Crippen molar-refractivity contribution in [3.63, 3.8) is 0 Å². The summed E-state index contributed by atoms with van der Waals surface area (Å²) in [5, 5.41) is 6.61. The predicted molar refractivity (Wildman–Crippen MR) is 155 cm³/mol. The Morgan fingerprint density at radius 2 is 1.76 bits per heavy atom. The molecule has 7 nitrogen and oxygen atoms in total. The molecule has 2 N–H and O–H groups in total. The molecule has 0 saturated heterocycles. The Labute approximate surface area is 222 Å². The van der Waals surface area contributed by atoms with Crippen molar-refractivity contribution in [2.45, 2.75) is 60.8 Å². The van der Waals surface area contributed by atoms with Gasteiger partial charge in [-0.1, -0.05) is 27.7 Å². The third-order valence-corrected chi connectivity index (χ3v) is 6.64. The summed E-state index contributed by atoms with van der Waals surface area (Å²) < 4.78 is 0. The molecule has 0 bridgehead atoms. The second kappa shape index (κ2) is 13.3. The van der Waals surface area contributed by atoms with Crippen LogP contribution in [-0.4, -0.2) is 49.2 Å². The van der Waals surface area contributed by atoms with E-state index in [4.69, 9.17) is 0 Å². The molecule has 200 valence electrons. The molecule has 1 heterocycles. The highest BCUT2D eigenvalue weighted by molar-refractivity contribution is 5.97. The fourth-order valence-corrected chi connectivity index (χ4v) is 4.43. The summed E-state index contributed by atoms with van der Waals surface area (Å²) in [5.41, 5.74) is 5.36. The number of benzene rings is 2. The second-order valence-electron chi connectivity index (χ2n) is 10.6. The summed E-state index contributed by atoms with van der Waals surface area (Å²) in [6.45, 7) is 15.4. The monoisotopic (exact) mass is 505 g/mol. The Balaban J connectivity index is 1.73. The first-order valence-electron chi connectivity index (χ1n) is 13.6. The van der Waals surface area contributed by atoms with E-state index in [1.54, 1.807) is 13.3 Å². The SMILES string of the molecule is CCNc1cc(C(=O)N(CCC(C)C)CCC(C)C)ccc1N=CNc1ccc2c(c1)CCN2C(C)=O. The van der Waals surface area contributed by atoms with Crippen LogP contribution in [0.25, 0.3) is 0 Å². The molecule has 0 spiro atoms. The first kappa shape index (κ1) is 28.2. The summed E-state index contributed by atoms with van der Waals surface area (Å²) in [6.07, 6.45) is 4.52. The third kappa shape index (κ3) is 7.81. The zero-order chi connectivity index (χ0) is 26.9. The zero-order valence-electron chi connectivity index (χ0n) is 23.3. The quantitative estimate of drug-likeness (QED) is 0.261. The zero-order valence-corrected chi connectivity index (χ0v) is 23.3. The van der Waals surface area contributed by atoms with Crippen LogP contribution in [0.1, 0.15) is 70.3 Å². The summed E-state index contributed by atoms with van der Waals surface area (Å²) >= 11 is 0. The fourth-order valence-electron chi connectivity index (χ4n) is 4.43. The minimum absolute atomic E-state index is 0.0712. The molecule has 2 aromatic carbocycles. The summed E-state index contributed by atoms with van der Waals surface area (Å²) in [5.74, 6) is 1.25. The van der Waals surface area contributed by atoms with Gasteiger partial charge in [0, 0.05) is 50.0 Å². The van der Waals surface area contributed by atoms with Crippen LogP contribution >= 0.6 is 0 Å². The van der Waals surface area contributed by atoms with E-state index in [-0.39, 0.29) is 11.8 Å². The van der Waals surface area contributed by atoms with Crippen molar-refractivity contribution < 1.29 is 9.59 Å². The van der Waals surface area contributed by atoms with E-state index < -0.39 is 0 Å².